The molecule has 0 radical (unpaired) electrons. The molecule has 10 rings (SSSR count). The van der Waals surface area contributed by atoms with E-state index in [4.69, 9.17) is 30.5 Å². The van der Waals surface area contributed by atoms with Crippen molar-refractivity contribution in [2.45, 2.75) is 96.2 Å². The van der Waals surface area contributed by atoms with Gasteiger partial charge in [-0.2, -0.15) is 0 Å². The summed E-state index contributed by atoms with van der Waals surface area (Å²) in [6, 6.07) is 16.6. The molecule has 0 bridgehead atoms. The fraction of sp³-hybridized carbons (Fsp3) is 0.417. The highest BCUT2D eigenvalue weighted by atomic mass is 35.5. The van der Waals surface area contributed by atoms with E-state index in [-0.39, 0.29) is 25.9 Å². The summed E-state index contributed by atoms with van der Waals surface area (Å²) in [6.07, 6.45) is -0.703. The summed E-state index contributed by atoms with van der Waals surface area (Å²) >= 11 is 7.48. The van der Waals surface area contributed by atoms with Gasteiger partial charge in [0, 0.05) is 47.5 Å². The van der Waals surface area contributed by atoms with Gasteiger partial charge in [-0.1, -0.05) is 29.8 Å². The molecule has 6 aromatic rings. The van der Waals surface area contributed by atoms with E-state index in [0.717, 1.165) is 56.8 Å². The number of likely N-dealkylation sites (N-methyl/N-ethyl adjacent to an activating group) is 1. The van der Waals surface area contributed by atoms with Gasteiger partial charge in [0.05, 0.1) is 77.4 Å². The molecule has 14 nitrogen and oxygen atoms in total. The maximum Gasteiger partial charge on any atom is 0.411 e. The zero-order chi connectivity index (χ0) is 45.7. The van der Waals surface area contributed by atoms with Crippen molar-refractivity contribution in [1.29, 1.82) is 0 Å². The van der Waals surface area contributed by atoms with Crippen LogP contribution in [-0.2, 0) is 9.47 Å². The molecule has 3 aromatic carbocycles. The van der Waals surface area contributed by atoms with Crippen LogP contribution in [0.15, 0.2) is 67.0 Å². The zero-order valence-electron chi connectivity index (χ0n) is 37.2. The molecule has 2 fully saturated rings. The normalized spacial score (nSPS) is 21.8. The van der Waals surface area contributed by atoms with Gasteiger partial charge in [-0.25, -0.2) is 28.3 Å². The monoisotopic (exact) mass is 908 g/mol. The van der Waals surface area contributed by atoms with E-state index in [1.165, 1.54) is 9.80 Å². The second-order valence-corrected chi connectivity index (χ2v) is 19.6. The lowest BCUT2D eigenvalue weighted by atomic mass is 10.0. The predicted molar refractivity (Wildman–Crippen MR) is 242 cm³/mol. The predicted octanol–water partition coefficient (Wildman–Crippen LogP) is 10.5. The van der Waals surface area contributed by atoms with Crippen LogP contribution in [0.2, 0.25) is 5.02 Å². The number of nitrogens with zero attached hydrogens (tertiary/aromatic N) is 6. The summed E-state index contributed by atoms with van der Waals surface area (Å²) in [7, 11) is 2.04. The number of amides is 2. The van der Waals surface area contributed by atoms with Crippen molar-refractivity contribution in [3.05, 3.63) is 89.2 Å². The lowest BCUT2D eigenvalue weighted by Gasteiger charge is -2.32. The number of H-pyrrole nitrogens is 2. The molecule has 7 heterocycles. The van der Waals surface area contributed by atoms with Gasteiger partial charge in [-0.15, -0.1) is 0 Å². The maximum absolute atomic E-state index is 14.8. The molecule has 65 heavy (non-hydrogen) atoms. The highest BCUT2D eigenvalue weighted by molar-refractivity contribution is 6.38. The van der Waals surface area contributed by atoms with Crippen molar-refractivity contribution < 1.29 is 37.3 Å². The third-order valence-electron chi connectivity index (χ3n) is 12.2. The molecule has 3 aromatic heterocycles. The number of nitrogens with one attached hydrogen (secondary N) is 2. The number of benzene rings is 3. The molecular weight excluding hydrogens is 858 g/mol. The van der Waals surface area contributed by atoms with Crippen LogP contribution in [0.5, 0.6) is 11.5 Å². The summed E-state index contributed by atoms with van der Waals surface area (Å²) in [6.45, 7) is 11.8. The number of aromatic nitrogens is 5. The highest BCUT2D eigenvalue weighted by Crippen LogP contribution is 2.51. The van der Waals surface area contributed by atoms with Crippen molar-refractivity contribution in [3.63, 3.8) is 0 Å². The molecule has 17 heteroatoms. The van der Waals surface area contributed by atoms with Crippen molar-refractivity contribution in [1.82, 2.24) is 34.3 Å². The van der Waals surface area contributed by atoms with E-state index >= 15 is 0 Å². The fourth-order valence-electron chi connectivity index (χ4n) is 9.27. The lowest BCUT2D eigenvalue weighted by Crippen LogP contribution is -2.37. The van der Waals surface area contributed by atoms with Gasteiger partial charge < -0.3 is 33.8 Å². The summed E-state index contributed by atoms with van der Waals surface area (Å²) < 4.78 is 56.1. The third kappa shape index (κ3) is 7.89. The van der Waals surface area contributed by atoms with Crippen LogP contribution in [0.25, 0.3) is 44.7 Å². The van der Waals surface area contributed by atoms with Crippen LogP contribution < -0.4 is 14.4 Å². The largest absolute Gasteiger partial charge is 0.490 e. The Labute approximate surface area is 379 Å². The van der Waals surface area contributed by atoms with Crippen molar-refractivity contribution >= 4 is 40.4 Å². The number of rotatable bonds is 5. The number of hydrogen-bond acceptors (Lipinski definition) is 9. The lowest BCUT2D eigenvalue weighted by molar-refractivity contribution is 0.0201. The Hall–Kier alpha value is -6.29. The number of aromatic amines is 2. The minimum absolute atomic E-state index is 0.0778. The van der Waals surface area contributed by atoms with Crippen molar-refractivity contribution in [2.24, 2.45) is 0 Å². The maximum atomic E-state index is 14.8. The van der Waals surface area contributed by atoms with E-state index in [1.54, 1.807) is 53.9 Å². The first kappa shape index (κ1) is 42.6. The second kappa shape index (κ2) is 15.7. The average Bonchev–Trinajstić information content (AvgIpc) is 4.10. The molecule has 1 unspecified atom stereocenters. The molecule has 4 aliphatic rings. The number of imidazole rings is 2. The van der Waals surface area contributed by atoms with E-state index in [2.05, 4.69) is 29.4 Å². The molecule has 4 aliphatic heterocycles. The SMILES string of the molecule is CN1CCOc2cc(C3Oc4cc(-c5cnc([C@@H]6C[C@@H](F)CN6C(=O)OC(C)(C)C)[nH]5)ccc4-c4c(Cl)c5cc(-c6cnc([C@@H]7C[C@@H](F)CN7C(=O)OC(C)(C)C)[nH]6)ccc5n43)ccc21. The molecule has 5 atom stereocenters. The van der Waals surface area contributed by atoms with Gasteiger partial charge in [-0.05, 0) is 77.9 Å². The molecular formula is C48H51ClF2N8O6. The van der Waals surface area contributed by atoms with Gasteiger partial charge in [0.1, 0.15) is 53.3 Å². The molecule has 340 valence electrons. The number of carbonyl (C=O) groups is 2. The number of anilines is 1. The van der Waals surface area contributed by atoms with Gasteiger partial charge in [0.15, 0.2) is 0 Å². The number of carbonyl (C=O) groups excluding carboxylic acids is 2. The molecule has 0 saturated carbocycles. The summed E-state index contributed by atoms with van der Waals surface area (Å²) in [5.41, 5.74) is 5.59. The smallest absolute Gasteiger partial charge is 0.411 e. The first-order valence-electron chi connectivity index (χ1n) is 21.9. The Morgan fingerprint density at radius 3 is 1.97 bits per heavy atom. The fourth-order valence-corrected chi connectivity index (χ4v) is 9.62. The molecule has 2 N–H and O–H groups in total. The molecule has 2 saturated heterocycles. The van der Waals surface area contributed by atoms with Crippen LogP contribution in [0.3, 0.4) is 0 Å². The number of hydrogen-bond donors (Lipinski definition) is 2. The Kier molecular flexibility index (Phi) is 10.3. The molecule has 0 spiro atoms. The summed E-state index contributed by atoms with van der Waals surface area (Å²) in [5.74, 6) is 2.25. The van der Waals surface area contributed by atoms with Crippen LogP contribution in [0.4, 0.5) is 24.1 Å². The number of ether oxygens (including phenoxy) is 4. The topological polar surface area (TPSA) is 143 Å². The Balaban J connectivity index is 1.02. The number of alkyl halides is 2. The quantitative estimate of drug-likeness (QED) is 0.173. The van der Waals surface area contributed by atoms with Gasteiger partial charge >= 0.3 is 12.2 Å². The van der Waals surface area contributed by atoms with Crippen molar-refractivity contribution in [2.75, 3.05) is 38.2 Å². The standard InChI is InChI=1S/C48H51ClF2N8O6/c1-47(2,3)64-45(60)57-23-28(50)19-36(57)42-52-21-32(54-42)25-9-12-34-31(16-25)40(49)41-30-11-8-26(33-22-53-43(55-33)37-20-29(51)24-58(37)46(61)65-48(4,5)6)17-38(30)63-44(59(34)41)27-10-13-35-39(18-27)62-15-14-56(35)7/h8-13,16-18,21-22,28-29,36-37,44H,14-15,19-20,23-24H2,1-7H3,(H,52,54)(H,53,55)/t28-,29-,36+,37+,44?/m1/s1. The van der Waals surface area contributed by atoms with Gasteiger partial charge in [0.25, 0.3) is 0 Å². The van der Waals surface area contributed by atoms with E-state index < -0.39 is 54.0 Å². The van der Waals surface area contributed by atoms with Gasteiger partial charge in [-0.3, -0.25) is 14.4 Å². The first-order valence-corrected chi connectivity index (χ1v) is 22.3. The Bertz CT molecular complexity index is 2850. The average molecular weight is 909 g/mol. The zero-order valence-corrected chi connectivity index (χ0v) is 38.0. The number of halogens is 3. The summed E-state index contributed by atoms with van der Waals surface area (Å²) in [5, 5.41) is 1.28. The summed E-state index contributed by atoms with van der Waals surface area (Å²) in [4.78, 5) is 47.1. The van der Waals surface area contributed by atoms with Gasteiger partial charge in [0.2, 0.25) is 6.23 Å². The van der Waals surface area contributed by atoms with Crippen LogP contribution in [-0.4, -0.2) is 103 Å². The third-order valence-corrected chi connectivity index (χ3v) is 12.6. The van der Waals surface area contributed by atoms with Crippen LogP contribution >= 0.6 is 11.6 Å². The minimum Gasteiger partial charge on any atom is -0.490 e. The van der Waals surface area contributed by atoms with Crippen LogP contribution in [0.1, 0.15) is 89.9 Å². The Morgan fingerprint density at radius 2 is 1.37 bits per heavy atom. The minimum atomic E-state index is -1.21. The molecule has 0 aliphatic carbocycles. The number of likely N-dealkylation sites (tertiary alicyclic amines) is 2. The van der Waals surface area contributed by atoms with E-state index in [1.807, 2.05) is 61.6 Å². The highest BCUT2D eigenvalue weighted by Gasteiger charge is 2.42. The van der Waals surface area contributed by atoms with Crippen LogP contribution in [0, 0.1) is 0 Å². The van der Waals surface area contributed by atoms with Crippen molar-refractivity contribution in [3.8, 4) is 45.3 Å². The first-order chi connectivity index (χ1) is 30.9. The molecule has 2 amide bonds. The second-order valence-electron chi connectivity index (χ2n) is 19.3. The van der Waals surface area contributed by atoms with E-state index in [9.17, 15) is 18.4 Å². The number of fused-ring (bicyclic) bond motifs is 6. The van der Waals surface area contributed by atoms with E-state index in [0.29, 0.717) is 40.4 Å². The Morgan fingerprint density at radius 1 is 0.785 bits per heavy atom.